The van der Waals surface area contributed by atoms with Gasteiger partial charge in [0, 0.05) is 12.8 Å². The summed E-state index contributed by atoms with van der Waals surface area (Å²) in [5.74, 6) is -0.112. The van der Waals surface area contributed by atoms with E-state index in [-0.39, 0.29) is 18.5 Å². The molecule has 0 aliphatic carbocycles. The summed E-state index contributed by atoms with van der Waals surface area (Å²) in [7, 11) is 0. The average Bonchev–Trinajstić information content (AvgIpc) is 3.21. The molecular weight excluding hydrogens is 707 g/mol. The van der Waals surface area contributed by atoms with Gasteiger partial charge in [-0.25, -0.2) is 0 Å². The summed E-state index contributed by atoms with van der Waals surface area (Å²) in [6, 6.07) is -0.565. The quantitative estimate of drug-likeness (QED) is 0.0324. The van der Waals surface area contributed by atoms with E-state index >= 15 is 0 Å². The number of aliphatic hydroxyl groups excluding tert-OH is 2. The van der Waals surface area contributed by atoms with Crippen molar-refractivity contribution in [2.24, 2.45) is 0 Å². The van der Waals surface area contributed by atoms with E-state index in [0.717, 1.165) is 77.0 Å². The van der Waals surface area contributed by atoms with E-state index < -0.39 is 12.1 Å². The van der Waals surface area contributed by atoms with E-state index in [1.54, 1.807) is 0 Å². The van der Waals surface area contributed by atoms with Crippen LogP contribution >= 0.6 is 0 Å². The number of nitrogens with one attached hydrogen (secondary N) is 1. The normalized spacial score (nSPS) is 12.8. The lowest BCUT2D eigenvalue weighted by Crippen LogP contribution is -2.45. The summed E-state index contributed by atoms with van der Waals surface area (Å²) in [4.78, 5) is 24.4. The minimum atomic E-state index is -0.684. The Morgan fingerprint density at radius 2 is 0.825 bits per heavy atom. The largest absolute Gasteiger partial charge is 0.466 e. The molecule has 0 aromatic rings. The Labute approximate surface area is 354 Å². The minimum absolute atomic E-state index is 0.0397. The van der Waals surface area contributed by atoms with Crippen molar-refractivity contribution in [1.29, 1.82) is 0 Å². The standard InChI is InChI=1S/C51H97NO5/c1-3-5-7-9-11-13-15-17-18-19-20-21-22-24-29-33-37-41-45-51(56)57-46-42-38-34-30-26-25-28-32-36-40-44-50(55)52-48(47-53)49(54)43-39-35-31-27-23-16-14-12-10-8-6-4-2/h18-19,26,30,48-49,53-54H,3-17,20-25,27-29,31-47H2,1-2H3,(H,52,55)/b19-18-,30-26-. The van der Waals surface area contributed by atoms with Crippen LogP contribution in [-0.4, -0.2) is 47.4 Å². The predicted octanol–water partition coefficient (Wildman–Crippen LogP) is 14.7. The SMILES string of the molecule is CCCCCCCCC/C=C\CCCCCCCCCC(=O)OCCCC/C=C\CCCCCCC(=O)NC(CO)C(O)CCCCCCCCCCCCCC. The first-order chi connectivity index (χ1) is 28.0. The summed E-state index contributed by atoms with van der Waals surface area (Å²) in [6.45, 7) is 4.85. The van der Waals surface area contributed by atoms with Crippen LogP contribution < -0.4 is 5.32 Å². The first-order valence-electron chi connectivity index (χ1n) is 25.1. The number of hydrogen-bond donors (Lipinski definition) is 3. The molecule has 0 aromatic heterocycles. The molecule has 0 aliphatic heterocycles. The number of ether oxygens (including phenoxy) is 1. The lowest BCUT2D eigenvalue weighted by atomic mass is 10.0. The van der Waals surface area contributed by atoms with Gasteiger partial charge in [-0.15, -0.1) is 0 Å². The van der Waals surface area contributed by atoms with Gasteiger partial charge >= 0.3 is 5.97 Å². The van der Waals surface area contributed by atoms with Crippen LogP contribution in [0.2, 0.25) is 0 Å². The molecule has 0 rings (SSSR count). The van der Waals surface area contributed by atoms with Crippen LogP contribution in [0.15, 0.2) is 24.3 Å². The van der Waals surface area contributed by atoms with Gasteiger partial charge in [0.05, 0.1) is 25.4 Å². The van der Waals surface area contributed by atoms with Crippen LogP contribution in [0.25, 0.3) is 0 Å². The number of carbonyl (C=O) groups excluding carboxylic acids is 2. The summed E-state index contributed by atoms with van der Waals surface area (Å²) in [5, 5.41) is 23.1. The molecule has 0 aromatic carbocycles. The summed E-state index contributed by atoms with van der Waals surface area (Å²) >= 11 is 0. The summed E-state index contributed by atoms with van der Waals surface area (Å²) in [6.07, 6.45) is 54.3. The third-order valence-corrected chi connectivity index (χ3v) is 11.5. The van der Waals surface area contributed by atoms with Crippen molar-refractivity contribution < 1.29 is 24.5 Å². The molecule has 1 amide bonds. The molecule has 2 atom stereocenters. The van der Waals surface area contributed by atoms with Crippen LogP contribution in [0.4, 0.5) is 0 Å². The second-order valence-electron chi connectivity index (χ2n) is 17.1. The molecule has 6 nitrogen and oxygen atoms in total. The fourth-order valence-electron chi connectivity index (χ4n) is 7.57. The smallest absolute Gasteiger partial charge is 0.305 e. The lowest BCUT2D eigenvalue weighted by Gasteiger charge is -2.22. The Kier molecular flexibility index (Phi) is 45.7. The van der Waals surface area contributed by atoms with Gasteiger partial charge in [0.1, 0.15) is 0 Å². The number of unbranched alkanes of at least 4 members (excludes halogenated alkanes) is 31. The number of rotatable bonds is 46. The van der Waals surface area contributed by atoms with Crippen LogP contribution in [0.3, 0.4) is 0 Å². The lowest BCUT2D eigenvalue weighted by molar-refractivity contribution is -0.143. The monoisotopic (exact) mass is 804 g/mol. The number of carbonyl (C=O) groups is 2. The molecule has 0 heterocycles. The maximum atomic E-state index is 12.4. The molecule has 0 bridgehead atoms. The Bertz CT molecular complexity index is 889. The molecule has 0 fully saturated rings. The van der Waals surface area contributed by atoms with Gasteiger partial charge < -0.3 is 20.3 Å². The molecule has 2 unspecified atom stereocenters. The Morgan fingerprint density at radius 1 is 0.474 bits per heavy atom. The van der Waals surface area contributed by atoms with E-state index in [1.165, 1.54) is 154 Å². The van der Waals surface area contributed by atoms with Crippen LogP contribution in [-0.2, 0) is 14.3 Å². The Balaban J connectivity index is 3.51. The number of allylic oxidation sites excluding steroid dienone is 4. The third-order valence-electron chi connectivity index (χ3n) is 11.5. The van der Waals surface area contributed by atoms with Gasteiger partial charge in [0.15, 0.2) is 0 Å². The van der Waals surface area contributed by atoms with Crippen molar-refractivity contribution in [2.75, 3.05) is 13.2 Å². The van der Waals surface area contributed by atoms with Crippen molar-refractivity contribution >= 4 is 11.9 Å². The molecule has 0 spiro atoms. The zero-order valence-electron chi connectivity index (χ0n) is 38.1. The number of hydrogen-bond acceptors (Lipinski definition) is 5. The fraction of sp³-hybridized carbons (Fsp3) is 0.882. The summed E-state index contributed by atoms with van der Waals surface area (Å²) in [5.41, 5.74) is 0. The van der Waals surface area contributed by atoms with Crippen molar-refractivity contribution in [1.82, 2.24) is 5.32 Å². The average molecular weight is 804 g/mol. The maximum absolute atomic E-state index is 12.4. The van der Waals surface area contributed by atoms with Crippen LogP contribution in [0.5, 0.6) is 0 Å². The van der Waals surface area contributed by atoms with Crippen molar-refractivity contribution in [3.05, 3.63) is 24.3 Å². The van der Waals surface area contributed by atoms with Crippen molar-refractivity contribution in [3.8, 4) is 0 Å². The molecule has 0 saturated heterocycles. The zero-order chi connectivity index (χ0) is 41.5. The van der Waals surface area contributed by atoms with E-state index in [1.807, 2.05) is 0 Å². The predicted molar refractivity (Wildman–Crippen MR) is 246 cm³/mol. The van der Waals surface area contributed by atoms with E-state index in [0.29, 0.717) is 25.9 Å². The summed E-state index contributed by atoms with van der Waals surface area (Å²) < 4.78 is 5.44. The highest BCUT2D eigenvalue weighted by Gasteiger charge is 2.20. The van der Waals surface area contributed by atoms with E-state index in [2.05, 4.69) is 43.5 Å². The molecule has 336 valence electrons. The van der Waals surface area contributed by atoms with Gasteiger partial charge in [-0.3, -0.25) is 9.59 Å². The molecule has 57 heavy (non-hydrogen) atoms. The van der Waals surface area contributed by atoms with Crippen molar-refractivity contribution in [3.63, 3.8) is 0 Å². The first kappa shape index (κ1) is 55.3. The van der Waals surface area contributed by atoms with Gasteiger partial charge in [-0.2, -0.15) is 0 Å². The topological polar surface area (TPSA) is 95.9 Å². The van der Waals surface area contributed by atoms with Gasteiger partial charge in [-0.1, -0.05) is 199 Å². The fourth-order valence-corrected chi connectivity index (χ4v) is 7.57. The van der Waals surface area contributed by atoms with Gasteiger partial charge in [-0.05, 0) is 77.0 Å². The van der Waals surface area contributed by atoms with Crippen LogP contribution in [0.1, 0.15) is 264 Å². The first-order valence-corrected chi connectivity index (χ1v) is 25.1. The highest BCUT2D eigenvalue weighted by molar-refractivity contribution is 5.76. The van der Waals surface area contributed by atoms with Gasteiger partial charge in [0.25, 0.3) is 0 Å². The van der Waals surface area contributed by atoms with Crippen molar-refractivity contribution in [2.45, 2.75) is 276 Å². The highest BCUT2D eigenvalue weighted by Crippen LogP contribution is 2.15. The minimum Gasteiger partial charge on any atom is -0.466 e. The molecule has 3 N–H and O–H groups in total. The van der Waals surface area contributed by atoms with E-state index in [9.17, 15) is 19.8 Å². The number of esters is 1. The number of aliphatic hydroxyl groups is 2. The number of amides is 1. The molecule has 0 saturated carbocycles. The van der Waals surface area contributed by atoms with E-state index in [4.69, 9.17) is 4.74 Å². The Morgan fingerprint density at radius 3 is 1.25 bits per heavy atom. The molecule has 0 aliphatic rings. The highest BCUT2D eigenvalue weighted by atomic mass is 16.5. The second kappa shape index (κ2) is 47.0. The Hall–Kier alpha value is -1.66. The second-order valence-corrected chi connectivity index (χ2v) is 17.1. The molecule has 0 radical (unpaired) electrons. The molecule has 6 heteroatoms. The maximum Gasteiger partial charge on any atom is 0.305 e. The van der Waals surface area contributed by atoms with Crippen LogP contribution in [0, 0.1) is 0 Å². The van der Waals surface area contributed by atoms with Gasteiger partial charge in [0.2, 0.25) is 5.91 Å². The third kappa shape index (κ3) is 43.7. The zero-order valence-corrected chi connectivity index (χ0v) is 38.1. The molecular formula is C51H97NO5.